The summed E-state index contributed by atoms with van der Waals surface area (Å²) in [7, 11) is -4.73. The molecule has 1 rings (SSSR count). The van der Waals surface area contributed by atoms with Crippen LogP contribution in [0.2, 0.25) is 0 Å². The van der Waals surface area contributed by atoms with Crippen LogP contribution in [-0.2, 0) is 14.6 Å². The van der Waals surface area contributed by atoms with Crippen molar-refractivity contribution in [1.82, 2.24) is 5.32 Å². The van der Waals surface area contributed by atoms with Crippen molar-refractivity contribution in [1.29, 1.82) is 0 Å². The number of hydrogen-bond acceptors (Lipinski definition) is 4. The molecule has 0 aliphatic rings. The zero-order valence-electron chi connectivity index (χ0n) is 11.8. The summed E-state index contributed by atoms with van der Waals surface area (Å²) >= 11 is 0. The van der Waals surface area contributed by atoms with Crippen LogP contribution in [0.1, 0.15) is 24.2 Å². The van der Waals surface area contributed by atoms with Gasteiger partial charge in [0.25, 0.3) is 5.91 Å². The molecule has 0 fully saturated rings. The van der Waals surface area contributed by atoms with Gasteiger partial charge in [-0.05, 0) is 30.2 Å². The number of carbonyl (C=O) groups excluding carboxylic acids is 1. The third-order valence-corrected chi connectivity index (χ3v) is 4.30. The summed E-state index contributed by atoms with van der Waals surface area (Å²) in [5.41, 5.74) is -0.0277. The van der Waals surface area contributed by atoms with Crippen LogP contribution in [0, 0.1) is 5.92 Å². The number of amides is 1. The molecule has 6 nitrogen and oxygen atoms in total. The SMILES string of the molecule is CC(C)[C@H](NC(=O)c1ccc(S(=O)(=O)C(F)F)cc1)C(=O)O. The molecule has 0 heterocycles. The van der Waals surface area contributed by atoms with Crippen LogP contribution in [0.4, 0.5) is 8.78 Å². The molecule has 0 spiro atoms. The van der Waals surface area contributed by atoms with Crippen molar-refractivity contribution in [3.63, 3.8) is 0 Å². The van der Waals surface area contributed by atoms with Crippen LogP contribution in [0.15, 0.2) is 29.2 Å². The predicted octanol–water partition coefficient (Wildman–Crippen LogP) is 1.52. The van der Waals surface area contributed by atoms with Crippen molar-refractivity contribution in [2.45, 2.75) is 30.5 Å². The van der Waals surface area contributed by atoms with Gasteiger partial charge in [0, 0.05) is 5.56 Å². The lowest BCUT2D eigenvalue weighted by Crippen LogP contribution is -2.44. The van der Waals surface area contributed by atoms with Crippen molar-refractivity contribution < 1.29 is 31.9 Å². The van der Waals surface area contributed by atoms with Crippen LogP contribution in [-0.4, -0.2) is 37.2 Å². The number of sulfone groups is 1. The second-order valence-corrected chi connectivity index (χ2v) is 6.78. The Hall–Kier alpha value is -2.03. The summed E-state index contributed by atoms with van der Waals surface area (Å²) in [5.74, 6) is -5.85. The normalized spacial score (nSPS) is 13.2. The van der Waals surface area contributed by atoms with Crippen molar-refractivity contribution >= 4 is 21.7 Å². The highest BCUT2D eigenvalue weighted by molar-refractivity contribution is 7.91. The molecule has 9 heteroatoms. The van der Waals surface area contributed by atoms with E-state index in [4.69, 9.17) is 5.11 Å². The van der Waals surface area contributed by atoms with Gasteiger partial charge >= 0.3 is 11.7 Å². The van der Waals surface area contributed by atoms with E-state index in [1.54, 1.807) is 13.8 Å². The summed E-state index contributed by atoms with van der Waals surface area (Å²) in [6.45, 7) is 3.22. The molecule has 0 saturated carbocycles. The zero-order valence-corrected chi connectivity index (χ0v) is 12.6. The number of carboxylic acids is 1. The smallest absolute Gasteiger partial charge is 0.341 e. The Balaban J connectivity index is 2.96. The molecule has 0 aliphatic carbocycles. The fraction of sp³-hybridized carbons (Fsp3) is 0.385. The molecule has 122 valence electrons. The van der Waals surface area contributed by atoms with Gasteiger partial charge in [-0.3, -0.25) is 4.79 Å². The topological polar surface area (TPSA) is 101 Å². The third-order valence-electron chi connectivity index (χ3n) is 2.90. The summed E-state index contributed by atoms with van der Waals surface area (Å²) < 4.78 is 47.2. The Morgan fingerprint density at radius 2 is 1.64 bits per heavy atom. The lowest BCUT2D eigenvalue weighted by molar-refractivity contribution is -0.140. The van der Waals surface area contributed by atoms with Crippen LogP contribution >= 0.6 is 0 Å². The van der Waals surface area contributed by atoms with Gasteiger partial charge in [0.05, 0.1) is 4.90 Å². The molecule has 0 radical (unpaired) electrons. The zero-order chi connectivity index (χ0) is 17.1. The molecule has 0 bridgehead atoms. The molecule has 2 N–H and O–H groups in total. The number of halogens is 2. The highest BCUT2D eigenvalue weighted by atomic mass is 32.2. The number of carboxylic acid groups (broad SMARTS) is 1. The Labute approximate surface area is 126 Å². The van der Waals surface area contributed by atoms with Gasteiger partial charge in [-0.1, -0.05) is 13.8 Å². The van der Waals surface area contributed by atoms with Gasteiger partial charge in [-0.15, -0.1) is 0 Å². The molecule has 22 heavy (non-hydrogen) atoms. The van der Waals surface area contributed by atoms with E-state index in [9.17, 15) is 26.8 Å². The van der Waals surface area contributed by atoms with Gasteiger partial charge < -0.3 is 10.4 Å². The number of benzene rings is 1. The molecule has 1 atom stereocenters. The maximum atomic E-state index is 12.4. The molecule has 1 amide bonds. The maximum absolute atomic E-state index is 12.4. The quantitative estimate of drug-likeness (QED) is 0.821. The van der Waals surface area contributed by atoms with E-state index in [0.717, 1.165) is 24.3 Å². The molecular weight excluding hydrogens is 320 g/mol. The minimum Gasteiger partial charge on any atom is -0.480 e. The Morgan fingerprint density at radius 1 is 1.14 bits per heavy atom. The number of hydrogen-bond donors (Lipinski definition) is 2. The molecule has 1 aromatic rings. The van der Waals surface area contributed by atoms with Gasteiger partial charge in [0.1, 0.15) is 6.04 Å². The van der Waals surface area contributed by atoms with Gasteiger partial charge in [-0.25, -0.2) is 13.2 Å². The fourth-order valence-electron chi connectivity index (χ4n) is 1.64. The molecule has 0 unspecified atom stereocenters. The Kier molecular flexibility index (Phi) is 5.59. The van der Waals surface area contributed by atoms with Gasteiger partial charge in [0.15, 0.2) is 0 Å². The van der Waals surface area contributed by atoms with Crippen molar-refractivity contribution in [2.24, 2.45) is 5.92 Å². The standard InChI is InChI=1S/C13H15F2NO5S/c1-7(2)10(12(18)19)16-11(17)8-3-5-9(6-4-8)22(20,21)13(14)15/h3-7,10,13H,1-2H3,(H,16,17)(H,18,19)/t10-/m0/s1. The number of rotatable bonds is 6. The van der Waals surface area contributed by atoms with E-state index in [0.29, 0.717) is 0 Å². The third kappa shape index (κ3) is 4.00. The molecular formula is C13H15F2NO5S. The summed E-state index contributed by atoms with van der Waals surface area (Å²) in [6, 6.07) is 2.73. The number of alkyl halides is 2. The molecule has 1 aromatic carbocycles. The average Bonchev–Trinajstić information content (AvgIpc) is 2.43. The van der Waals surface area contributed by atoms with Gasteiger partial charge in [-0.2, -0.15) is 8.78 Å². The first-order valence-electron chi connectivity index (χ1n) is 6.23. The first-order valence-corrected chi connectivity index (χ1v) is 7.77. The second kappa shape index (κ2) is 6.82. The lowest BCUT2D eigenvalue weighted by atomic mass is 10.0. The minimum atomic E-state index is -4.73. The largest absolute Gasteiger partial charge is 0.480 e. The van der Waals surface area contributed by atoms with Crippen molar-refractivity contribution in [3.05, 3.63) is 29.8 Å². The van der Waals surface area contributed by atoms with Crippen molar-refractivity contribution in [3.8, 4) is 0 Å². The maximum Gasteiger partial charge on any atom is 0.341 e. The molecule has 0 aliphatic heterocycles. The number of aliphatic carboxylic acids is 1. The second-order valence-electron chi connectivity index (χ2n) is 4.86. The van der Waals surface area contributed by atoms with Crippen LogP contribution in [0.25, 0.3) is 0 Å². The first-order chi connectivity index (χ1) is 10.1. The summed E-state index contributed by atoms with van der Waals surface area (Å²) in [6.07, 6.45) is 0. The minimum absolute atomic E-state index is 0.0277. The Bertz CT molecular complexity index is 656. The van der Waals surface area contributed by atoms with Crippen LogP contribution in [0.5, 0.6) is 0 Å². The average molecular weight is 335 g/mol. The number of carbonyl (C=O) groups is 2. The van der Waals surface area contributed by atoms with E-state index < -0.39 is 38.4 Å². The molecule has 0 saturated heterocycles. The van der Waals surface area contributed by atoms with E-state index in [1.807, 2.05) is 0 Å². The highest BCUT2D eigenvalue weighted by Gasteiger charge is 2.27. The van der Waals surface area contributed by atoms with Gasteiger partial charge in [0.2, 0.25) is 9.84 Å². The summed E-state index contributed by atoms with van der Waals surface area (Å²) in [5, 5.41) is 11.3. The fourth-order valence-corrected chi connectivity index (χ4v) is 2.36. The monoisotopic (exact) mass is 335 g/mol. The van der Waals surface area contributed by atoms with E-state index in [2.05, 4.69) is 5.32 Å². The first kappa shape index (κ1) is 18.0. The van der Waals surface area contributed by atoms with Crippen LogP contribution in [0.3, 0.4) is 0 Å². The van der Waals surface area contributed by atoms with Crippen LogP contribution < -0.4 is 5.32 Å². The van der Waals surface area contributed by atoms with Crippen molar-refractivity contribution in [2.75, 3.05) is 0 Å². The lowest BCUT2D eigenvalue weighted by Gasteiger charge is -2.17. The highest BCUT2D eigenvalue weighted by Crippen LogP contribution is 2.18. The predicted molar refractivity (Wildman–Crippen MR) is 73.4 cm³/mol. The molecule has 0 aromatic heterocycles. The Morgan fingerprint density at radius 3 is 2.00 bits per heavy atom. The summed E-state index contributed by atoms with van der Waals surface area (Å²) in [4.78, 5) is 22.3. The van der Waals surface area contributed by atoms with E-state index >= 15 is 0 Å². The van der Waals surface area contributed by atoms with E-state index in [-0.39, 0.29) is 11.5 Å². The number of nitrogens with one attached hydrogen (secondary N) is 1. The van der Waals surface area contributed by atoms with E-state index in [1.165, 1.54) is 0 Å².